The van der Waals surface area contributed by atoms with Gasteiger partial charge in [-0.25, -0.2) is 4.39 Å². The van der Waals surface area contributed by atoms with Gasteiger partial charge in [0, 0.05) is 5.02 Å². The molecule has 3 aromatic carbocycles. The number of nitrogens with zero attached hydrogens (tertiary/aromatic N) is 1. The first kappa shape index (κ1) is 21.8. The van der Waals surface area contributed by atoms with Gasteiger partial charge in [-0.15, -0.1) is 0 Å². The van der Waals surface area contributed by atoms with Gasteiger partial charge in [-0.1, -0.05) is 71.4 Å². The van der Waals surface area contributed by atoms with Crippen molar-refractivity contribution in [1.29, 1.82) is 0 Å². The highest BCUT2D eigenvalue weighted by atomic mass is 35.5. The van der Waals surface area contributed by atoms with Gasteiger partial charge in [0.05, 0.1) is 15.6 Å². The molecular formula is C23H14Cl2FNO2S2. The van der Waals surface area contributed by atoms with Crippen LogP contribution >= 0.6 is 47.2 Å². The Morgan fingerprint density at radius 3 is 2.42 bits per heavy atom. The second-order valence-electron chi connectivity index (χ2n) is 6.60. The summed E-state index contributed by atoms with van der Waals surface area (Å²) in [4.78, 5) is 14.7. The van der Waals surface area contributed by atoms with Gasteiger partial charge in [-0.05, 0) is 59.7 Å². The number of carbonyl (C=O) groups is 1. The summed E-state index contributed by atoms with van der Waals surface area (Å²) >= 11 is 18.3. The molecule has 1 heterocycles. The van der Waals surface area contributed by atoms with Gasteiger partial charge in [0.25, 0.3) is 5.91 Å². The summed E-state index contributed by atoms with van der Waals surface area (Å²) in [7, 11) is 0. The average Bonchev–Trinajstić information content (AvgIpc) is 3.03. The molecule has 1 aliphatic rings. The van der Waals surface area contributed by atoms with Crippen LogP contribution in [0.5, 0.6) is 5.75 Å². The fourth-order valence-corrected chi connectivity index (χ4v) is 4.47. The van der Waals surface area contributed by atoms with Crippen LogP contribution in [-0.2, 0) is 11.4 Å². The molecular weight excluding hydrogens is 476 g/mol. The molecule has 3 aromatic rings. The van der Waals surface area contributed by atoms with E-state index in [0.717, 1.165) is 11.1 Å². The van der Waals surface area contributed by atoms with Crippen LogP contribution in [0.3, 0.4) is 0 Å². The Kier molecular flexibility index (Phi) is 6.62. The zero-order valence-electron chi connectivity index (χ0n) is 15.8. The molecule has 0 saturated carbocycles. The molecule has 0 N–H and O–H groups in total. The first-order valence-electron chi connectivity index (χ1n) is 9.11. The maximum absolute atomic E-state index is 13.4. The van der Waals surface area contributed by atoms with Crippen LogP contribution in [-0.4, -0.2) is 10.2 Å². The van der Waals surface area contributed by atoms with Crippen LogP contribution in [0.4, 0.5) is 10.1 Å². The number of rotatable bonds is 5. The van der Waals surface area contributed by atoms with E-state index in [1.54, 1.807) is 6.08 Å². The molecule has 0 radical (unpaired) electrons. The van der Waals surface area contributed by atoms with Crippen molar-refractivity contribution in [2.24, 2.45) is 0 Å². The highest BCUT2D eigenvalue weighted by molar-refractivity contribution is 8.27. The topological polar surface area (TPSA) is 29.5 Å². The monoisotopic (exact) mass is 489 g/mol. The molecule has 0 aromatic heterocycles. The van der Waals surface area contributed by atoms with Crippen molar-refractivity contribution in [3.8, 4) is 5.75 Å². The van der Waals surface area contributed by atoms with Crippen LogP contribution in [0.2, 0.25) is 10.0 Å². The van der Waals surface area contributed by atoms with Crippen molar-refractivity contribution in [1.82, 2.24) is 0 Å². The molecule has 0 bridgehead atoms. The Labute approximate surface area is 198 Å². The summed E-state index contributed by atoms with van der Waals surface area (Å²) < 4.78 is 19.6. The third-order valence-electron chi connectivity index (χ3n) is 4.45. The molecule has 1 saturated heterocycles. The summed E-state index contributed by atoms with van der Waals surface area (Å²) in [6.45, 7) is 0.426. The predicted molar refractivity (Wildman–Crippen MR) is 129 cm³/mol. The molecule has 0 aliphatic carbocycles. The lowest BCUT2D eigenvalue weighted by Gasteiger charge is -2.14. The quantitative estimate of drug-likeness (QED) is 0.282. The summed E-state index contributed by atoms with van der Waals surface area (Å²) in [6.07, 6.45) is 1.76. The minimum absolute atomic E-state index is 0.0651. The Morgan fingerprint density at radius 2 is 1.74 bits per heavy atom. The fourth-order valence-electron chi connectivity index (χ4n) is 2.87. The van der Waals surface area contributed by atoms with Crippen LogP contribution < -0.4 is 9.64 Å². The standard InChI is InChI=1S/C23H14Cl2FNO2S2/c24-16-5-1-15(2-6-16)13-29-18-8-3-14(4-9-18)11-21-22(28)27(23(30)31-21)17-7-10-20(26)19(25)12-17/h1-12H,13H2/b21-11+. The first-order chi connectivity index (χ1) is 14.9. The smallest absolute Gasteiger partial charge is 0.270 e. The Morgan fingerprint density at radius 1 is 1.03 bits per heavy atom. The Balaban J connectivity index is 1.45. The minimum atomic E-state index is -0.551. The zero-order chi connectivity index (χ0) is 22.0. The van der Waals surface area contributed by atoms with Gasteiger partial charge in [0.2, 0.25) is 0 Å². The lowest BCUT2D eigenvalue weighted by Crippen LogP contribution is -2.27. The second-order valence-corrected chi connectivity index (χ2v) is 9.12. The van der Waals surface area contributed by atoms with Crippen LogP contribution in [0, 0.1) is 5.82 Å². The number of anilines is 1. The summed E-state index contributed by atoms with van der Waals surface area (Å²) in [5.41, 5.74) is 2.28. The number of thioether (sulfide) groups is 1. The first-order valence-corrected chi connectivity index (χ1v) is 11.1. The van der Waals surface area contributed by atoms with Crippen molar-refractivity contribution in [3.63, 3.8) is 0 Å². The summed E-state index contributed by atoms with van der Waals surface area (Å²) in [5.74, 6) is -0.119. The van der Waals surface area contributed by atoms with E-state index in [1.807, 2.05) is 48.5 Å². The van der Waals surface area contributed by atoms with Gasteiger partial charge in [0.1, 0.15) is 18.2 Å². The number of amides is 1. The van der Waals surface area contributed by atoms with Gasteiger partial charge < -0.3 is 4.74 Å². The summed E-state index contributed by atoms with van der Waals surface area (Å²) in [6, 6.07) is 18.9. The van der Waals surface area contributed by atoms with E-state index in [9.17, 15) is 9.18 Å². The number of benzene rings is 3. The van der Waals surface area contributed by atoms with E-state index in [0.29, 0.717) is 32.3 Å². The predicted octanol–water partition coefficient (Wildman–Crippen LogP) is 7.12. The minimum Gasteiger partial charge on any atom is -0.489 e. The van der Waals surface area contributed by atoms with Gasteiger partial charge in [0.15, 0.2) is 4.32 Å². The third kappa shape index (κ3) is 5.10. The van der Waals surface area contributed by atoms with E-state index in [-0.39, 0.29) is 10.9 Å². The number of hydrogen-bond donors (Lipinski definition) is 0. The van der Waals surface area contributed by atoms with E-state index in [2.05, 4.69) is 0 Å². The number of halogens is 3. The van der Waals surface area contributed by atoms with Crippen molar-refractivity contribution in [2.75, 3.05) is 4.90 Å². The molecule has 0 unspecified atom stereocenters. The number of ether oxygens (including phenoxy) is 1. The number of thiocarbonyl (C=S) groups is 1. The van der Waals surface area contributed by atoms with Crippen molar-refractivity contribution in [3.05, 3.63) is 98.6 Å². The highest BCUT2D eigenvalue weighted by Gasteiger charge is 2.33. The van der Waals surface area contributed by atoms with Crippen molar-refractivity contribution < 1.29 is 13.9 Å². The molecule has 1 fully saturated rings. The Bertz CT molecular complexity index is 1180. The Hall–Kier alpha value is -2.38. The second kappa shape index (κ2) is 9.40. The molecule has 1 amide bonds. The van der Waals surface area contributed by atoms with E-state index in [4.69, 9.17) is 40.2 Å². The van der Waals surface area contributed by atoms with Gasteiger partial charge in [-0.3, -0.25) is 9.69 Å². The van der Waals surface area contributed by atoms with E-state index >= 15 is 0 Å². The maximum Gasteiger partial charge on any atom is 0.270 e. The zero-order valence-corrected chi connectivity index (χ0v) is 19.0. The maximum atomic E-state index is 13.4. The SMILES string of the molecule is O=C1/C(=C\c2ccc(OCc3ccc(Cl)cc3)cc2)SC(=S)N1c1ccc(F)c(Cl)c1. The van der Waals surface area contributed by atoms with E-state index in [1.165, 1.54) is 34.9 Å². The molecule has 4 rings (SSSR count). The molecule has 3 nitrogen and oxygen atoms in total. The fraction of sp³-hybridized carbons (Fsp3) is 0.0435. The van der Waals surface area contributed by atoms with Gasteiger partial charge >= 0.3 is 0 Å². The number of hydrogen-bond acceptors (Lipinski definition) is 4. The molecule has 1 aliphatic heterocycles. The molecule has 0 spiro atoms. The van der Waals surface area contributed by atoms with Crippen LogP contribution in [0.1, 0.15) is 11.1 Å². The largest absolute Gasteiger partial charge is 0.489 e. The van der Waals surface area contributed by atoms with Crippen molar-refractivity contribution in [2.45, 2.75) is 6.61 Å². The lowest BCUT2D eigenvalue weighted by atomic mass is 10.2. The highest BCUT2D eigenvalue weighted by Crippen LogP contribution is 2.37. The van der Waals surface area contributed by atoms with Crippen molar-refractivity contribution >= 4 is 69.2 Å². The van der Waals surface area contributed by atoms with Crippen LogP contribution in [0.15, 0.2) is 71.6 Å². The third-order valence-corrected chi connectivity index (χ3v) is 6.30. The molecule has 8 heteroatoms. The number of carbonyl (C=O) groups excluding carboxylic acids is 1. The molecule has 31 heavy (non-hydrogen) atoms. The lowest BCUT2D eigenvalue weighted by molar-refractivity contribution is -0.113. The van der Waals surface area contributed by atoms with Crippen LogP contribution in [0.25, 0.3) is 6.08 Å². The average molecular weight is 490 g/mol. The van der Waals surface area contributed by atoms with Gasteiger partial charge in [-0.2, -0.15) is 0 Å². The summed E-state index contributed by atoms with van der Waals surface area (Å²) in [5, 5.41) is 0.616. The normalized spacial score (nSPS) is 15.1. The van der Waals surface area contributed by atoms with E-state index < -0.39 is 5.82 Å². The molecule has 0 atom stereocenters. The molecule has 156 valence electrons.